The molecule has 82 valence electrons. The number of nitrogens with zero attached hydrogens (tertiary/aromatic N) is 1. The predicted molar refractivity (Wildman–Crippen MR) is 66.2 cm³/mol. The lowest BCUT2D eigenvalue weighted by atomic mass is 10.2. The molecule has 5 heteroatoms. The molecule has 15 heavy (non-hydrogen) atoms. The minimum Gasteiger partial charge on any atom is -0.381 e. The maximum atomic E-state index is 5.85. The van der Waals surface area contributed by atoms with E-state index < -0.39 is 0 Å². The zero-order valence-corrected chi connectivity index (χ0v) is 10.6. The van der Waals surface area contributed by atoms with Gasteiger partial charge in [-0.3, -0.25) is 0 Å². The van der Waals surface area contributed by atoms with Crippen molar-refractivity contribution < 1.29 is 0 Å². The first-order valence-electron chi connectivity index (χ1n) is 4.98. The summed E-state index contributed by atoms with van der Waals surface area (Å²) in [6.07, 6.45) is 5.00. The van der Waals surface area contributed by atoms with Crippen molar-refractivity contribution in [3.8, 4) is 0 Å². The van der Waals surface area contributed by atoms with E-state index in [1.807, 2.05) is 6.07 Å². The quantitative estimate of drug-likeness (QED) is 0.824. The number of pyridine rings is 1. The summed E-state index contributed by atoms with van der Waals surface area (Å²) in [7, 11) is 0. The molecule has 0 amide bonds. The number of rotatable bonds is 2. The maximum absolute atomic E-state index is 5.85. The molecule has 1 heterocycles. The summed E-state index contributed by atoms with van der Waals surface area (Å²) in [4.78, 5) is 4.06. The number of nitrogens with two attached hydrogens (primary N) is 1. The third-order valence-electron chi connectivity index (χ3n) is 2.64. The summed E-state index contributed by atoms with van der Waals surface area (Å²) in [6, 6.07) is 2.75. The number of halogens is 2. The molecular formula is C10H13BrClN3. The highest BCUT2D eigenvalue weighted by molar-refractivity contribution is 9.10. The maximum Gasteiger partial charge on any atom is 0.143 e. The minimum absolute atomic E-state index is 0.339. The van der Waals surface area contributed by atoms with Crippen LogP contribution in [0.3, 0.4) is 0 Å². The van der Waals surface area contributed by atoms with E-state index in [1.54, 1.807) is 6.20 Å². The van der Waals surface area contributed by atoms with Crippen LogP contribution < -0.4 is 11.1 Å². The summed E-state index contributed by atoms with van der Waals surface area (Å²) in [5.41, 5.74) is 6.84. The average Bonchev–Trinajstić information content (AvgIpc) is 2.58. The van der Waals surface area contributed by atoms with Crippen molar-refractivity contribution in [2.24, 2.45) is 5.73 Å². The van der Waals surface area contributed by atoms with E-state index in [2.05, 4.69) is 26.2 Å². The van der Waals surface area contributed by atoms with Crippen LogP contribution >= 0.6 is 27.5 Å². The Morgan fingerprint density at radius 3 is 2.93 bits per heavy atom. The van der Waals surface area contributed by atoms with Gasteiger partial charge in [-0.25, -0.2) is 4.98 Å². The van der Waals surface area contributed by atoms with Crippen molar-refractivity contribution in [1.82, 2.24) is 4.98 Å². The Bertz CT molecular complexity index is 359. The first-order chi connectivity index (χ1) is 7.15. The second-order valence-electron chi connectivity index (χ2n) is 3.91. The van der Waals surface area contributed by atoms with Crippen molar-refractivity contribution in [3.05, 3.63) is 21.9 Å². The molecule has 2 rings (SSSR count). The van der Waals surface area contributed by atoms with Crippen LogP contribution in [-0.4, -0.2) is 17.1 Å². The Balaban J connectivity index is 2.02. The molecule has 1 saturated carbocycles. The van der Waals surface area contributed by atoms with E-state index in [0.29, 0.717) is 17.2 Å². The van der Waals surface area contributed by atoms with E-state index in [9.17, 15) is 0 Å². The van der Waals surface area contributed by atoms with Crippen LogP contribution in [0, 0.1) is 0 Å². The van der Waals surface area contributed by atoms with E-state index >= 15 is 0 Å². The van der Waals surface area contributed by atoms with E-state index in [0.717, 1.165) is 29.4 Å². The molecule has 1 fully saturated rings. The Morgan fingerprint density at radius 2 is 2.33 bits per heavy atom. The molecule has 0 radical (unpaired) electrons. The summed E-state index contributed by atoms with van der Waals surface area (Å²) in [6.45, 7) is 0. The van der Waals surface area contributed by atoms with Gasteiger partial charge in [0.2, 0.25) is 0 Å². The number of anilines is 1. The van der Waals surface area contributed by atoms with Gasteiger partial charge in [-0.1, -0.05) is 11.6 Å². The van der Waals surface area contributed by atoms with Crippen molar-refractivity contribution >= 4 is 33.2 Å². The van der Waals surface area contributed by atoms with Crippen LogP contribution in [0.5, 0.6) is 0 Å². The van der Waals surface area contributed by atoms with Gasteiger partial charge in [-0.05, 0) is 41.3 Å². The molecule has 1 aromatic rings. The van der Waals surface area contributed by atoms with Crippen LogP contribution in [0.1, 0.15) is 19.3 Å². The lowest BCUT2D eigenvalue weighted by Gasteiger charge is -2.13. The molecule has 1 aliphatic rings. The van der Waals surface area contributed by atoms with Gasteiger partial charge in [0.05, 0.1) is 16.4 Å². The van der Waals surface area contributed by atoms with E-state index in [1.165, 1.54) is 0 Å². The summed E-state index contributed by atoms with van der Waals surface area (Å²) in [5.74, 6) is 0. The number of hydrogen-bond acceptors (Lipinski definition) is 3. The summed E-state index contributed by atoms with van der Waals surface area (Å²) < 4.78 is 0.816. The van der Waals surface area contributed by atoms with Crippen molar-refractivity contribution in [3.63, 3.8) is 0 Å². The van der Waals surface area contributed by atoms with Crippen LogP contribution in [0.25, 0.3) is 0 Å². The minimum atomic E-state index is 0.339. The van der Waals surface area contributed by atoms with Crippen molar-refractivity contribution in [2.75, 3.05) is 5.32 Å². The average molecular weight is 291 g/mol. The lowest BCUT2D eigenvalue weighted by molar-refractivity contribution is 0.687. The van der Waals surface area contributed by atoms with Gasteiger partial charge in [0.25, 0.3) is 0 Å². The van der Waals surface area contributed by atoms with Gasteiger partial charge in [0, 0.05) is 12.1 Å². The molecule has 0 spiro atoms. The molecule has 1 aromatic heterocycles. The molecule has 0 aromatic carbocycles. The fraction of sp³-hybridized carbons (Fsp3) is 0.500. The summed E-state index contributed by atoms with van der Waals surface area (Å²) in [5, 5.41) is 3.90. The third kappa shape index (κ3) is 2.83. The van der Waals surface area contributed by atoms with Crippen molar-refractivity contribution in [2.45, 2.75) is 31.3 Å². The van der Waals surface area contributed by atoms with Crippen LogP contribution in [-0.2, 0) is 0 Å². The van der Waals surface area contributed by atoms with E-state index in [4.69, 9.17) is 17.3 Å². The second-order valence-corrected chi connectivity index (χ2v) is 5.12. The number of nitrogens with one attached hydrogen (secondary N) is 1. The highest BCUT2D eigenvalue weighted by Gasteiger charge is 2.21. The van der Waals surface area contributed by atoms with Gasteiger partial charge in [0.1, 0.15) is 5.15 Å². The number of hydrogen-bond donors (Lipinski definition) is 2. The van der Waals surface area contributed by atoms with Gasteiger partial charge < -0.3 is 11.1 Å². The molecule has 1 aliphatic carbocycles. The summed E-state index contributed by atoms with van der Waals surface area (Å²) >= 11 is 9.16. The van der Waals surface area contributed by atoms with Gasteiger partial charge >= 0.3 is 0 Å². The Kier molecular flexibility index (Phi) is 3.49. The molecule has 2 unspecified atom stereocenters. The third-order valence-corrected chi connectivity index (χ3v) is 3.77. The predicted octanol–water partition coefficient (Wildman–Crippen LogP) is 2.79. The van der Waals surface area contributed by atoms with Crippen LogP contribution in [0.2, 0.25) is 5.15 Å². The van der Waals surface area contributed by atoms with Crippen LogP contribution in [0.4, 0.5) is 5.69 Å². The fourth-order valence-electron chi connectivity index (χ4n) is 1.88. The zero-order valence-electron chi connectivity index (χ0n) is 8.21. The zero-order chi connectivity index (χ0) is 10.8. The fourth-order valence-corrected chi connectivity index (χ4v) is 2.34. The highest BCUT2D eigenvalue weighted by Crippen LogP contribution is 2.26. The molecule has 3 nitrogen and oxygen atoms in total. The molecule has 0 aliphatic heterocycles. The molecule has 2 atom stereocenters. The standard InChI is InChI=1S/C10H13BrClN3/c11-9-4-8(5-14-10(9)12)15-7-2-1-6(13)3-7/h4-7,15H,1-3,13H2. The molecular weight excluding hydrogens is 277 g/mol. The van der Waals surface area contributed by atoms with E-state index in [-0.39, 0.29) is 0 Å². The van der Waals surface area contributed by atoms with Crippen LogP contribution in [0.15, 0.2) is 16.7 Å². The first kappa shape index (κ1) is 11.2. The smallest absolute Gasteiger partial charge is 0.143 e. The Hall–Kier alpha value is -0.320. The SMILES string of the molecule is NC1CCC(Nc2cnc(Cl)c(Br)c2)C1. The Labute approximate surface area is 103 Å². The topological polar surface area (TPSA) is 50.9 Å². The van der Waals surface area contributed by atoms with Crippen molar-refractivity contribution in [1.29, 1.82) is 0 Å². The Morgan fingerprint density at radius 1 is 1.53 bits per heavy atom. The number of aromatic nitrogens is 1. The first-order valence-corrected chi connectivity index (χ1v) is 6.15. The molecule has 0 saturated heterocycles. The normalized spacial score (nSPS) is 25.5. The highest BCUT2D eigenvalue weighted by atomic mass is 79.9. The molecule has 3 N–H and O–H groups in total. The van der Waals surface area contributed by atoms with Gasteiger partial charge in [-0.2, -0.15) is 0 Å². The van der Waals surface area contributed by atoms with Gasteiger partial charge in [0.15, 0.2) is 0 Å². The molecule has 0 bridgehead atoms. The largest absolute Gasteiger partial charge is 0.381 e. The van der Waals surface area contributed by atoms with Gasteiger partial charge in [-0.15, -0.1) is 0 Å². The second kappa shape index (κ2) is 4.68. The monoisotopic (exact) mass is 289 g/mol. The lowest BCUT2D eigenvalue weighted by Crippen LogP contribution is -2.20.